The number of hydrogen-bond acceptors (Lipinski definition) is 6. The molecular formula is C33H28BF6NO6. The van der Waals surface area contributed by atoms with Gasteiger partial charge in [0.05, 0.1) is 34.8 Å². The van der Waals surface area contributed by atoms with Crippen LogP contribution in [0.2, 0.25) is 0 Å². The number of amides is 2. The number of benzene rings is 3. The van der Waals surface area contributed by atoms with Gasteiger partial charge < -0.3 is 19.5 Å². The molecule has 1 aliphatic carbocycles. The van der Waals surface area contributed by atoms with E-state index in [9.17, 15) is 46.1 Å². The zero-order chi connectivity index (χ0) is 34.0. The average molecular weight is 659 g/mol. The fourth-order valence-electron chi connectivity index (χ4n) is 6.94. The zero-order valence-electron chi connectivity index (χ0n) is 25.0. The van der Waals surface area contributed by atoms with Crippen molar-refractivity contribution in [3.05, 3.63) is 99.5 Å². The van der Waals surface area contributed by atoms with Crippen LogP contribution in [-0.4, -0.2) is 35.7 Å². The van der Waals surface area contributed by atoms with E-state index in [0.29, 0.717) is 45.0 Å². The van der Waals surface area contributed by atoms with Crippen LogP contribution in [0.3, 0.4) is 0 Å². The van der Waals surface area contributed by atoms with E-state index in [0.717, 1.165) is 0 Å². The van der Waals surface area contributed by atoms with Crippen molar-refractivity contribution in [2.45, 2.75) is 45.1 Å². The molecule has 3 aromatic carbocycles. The van der Waals surface area contributed by atoms with Gasteiger partial charge in [-0.2, -0.15) is 26.3 Å². The van der Waals surface area contributed by atoms with Crippen molar-refractivity contribution in [2.75, 3.05) is 11.5 Å². The molecule has 4 atom stereocenters. The first-order valence-electron chi connectivity index (χ1n) is 14.7. The molecule has 3 aliphatic rings. The number of phenols is 1. The predicted molar refractivity (Wildman–Crippen MR) is 157 cm³/mol. The molecule has 2 heterocycles. The van der Waals surface area contributed by atoms with E-state index in [1.807, 2.05) is 0 Å². The molecular weight excluding hydrogens is 631 g/mol. The van der Waals surface area contributed by atoms with Crippen molar-refractivity contribution in [1.82, 2.24) is 0 Å². The van der Waals surface area contributed by atoms with Crippen molar-refractivity contribution < 1.29 is 55.5 Å². The lowest BCUT2D eigenvalue weighted by atomic mass is 9.55. The first-order valence-corrected chi connectivity index (χ1v) is 14.7. The fourth-order valence-corrected chi connectivity index (χ4v) is 6.94. The van der Waals surface area contributed by atoms with Gasteiger partial charge in [-0.15, -0.1) is 0 Å². The van der Waals surface area contributed by atoms with Gasteiger partial charge in [0.1, 0.15) is 18.1 Å². The summed E-state index contributed by atoms with van der Waals surface area (Å²) in [4.78, 5) is 28.3. The Kier molecular flexibility index (Phi) is 8.16. The van der Waals surface area contributed by atoms with E-state index in [4.69, 9.17) is 9.39 Å². The quantitative estimate of drug-likeness (QED) is 0.179. The highest BCUT2D eigenvalue weighted by Crippen LogP contribution is 2.53. The molecule has 0 bridgehead atoms. The number of carbonyl (C=O) groups excluding carboxylic acids is 2. The van der Waals surface area contributed by atoms with Gasteiger partial charge in [0, 0.05) is 0 Å². The number of ether oxygens (including phenoxy) is 1. The first-order chi connectivity index (χ1) is 22.0. The standard InChI is InChI=1S/C33H28BF6NO6/c1-16-8-18(9-17(2)29(16)42)26-14-24-27-25(10-19(28(24)34(45)47-26)15-46-23-6-4-3-5-7-23)30(43)41(31(27)44)22-12-20(32(35,36)37)11-21(13-22)33(38,39)40/h3-9,11-13,24-27,42,45H,10,14-15H2,1-2H3/t24-,25-,26-,27+/m0/s1. The number of allylic oxidation sites excluding steroid dienone is 1. The minimum absolute atomic E-state index is 0.0509. The lowest BCUT2D eigenvalue weighted by Crippen LogP contribution is -2.45. The number of aryl methyl sites for hydroxylation is 2. The molecule has 0 unspecified atom stereocenters. The Bertz CT molecular complexity index is 1720. The SMILES string of the molecule is Cc1cc([C@@H]2C[C@@H]3C(=C(COc4ccccc4)C[C@@H]4C(=O)N(c5cc(C(F)(F)F)cc(C(F)(F)F)c5)C(=O)[C@@H]43)B(O)O2)cc(C)c1O. The van der Waals surface area contributed by atoms with Crippen LogP contribution in [0.25, 0.3) is 0 Å². The van der Waals surface area contributed by atoms with Crippen LogP contribution in [0.15, 0.2) is 71.7 Å². The smallest absolute Gasteiger partial charge is 0.487 e. The van der Waals surface area contributed by atoms with Gasteiger partial charge >= 0.3 is 19.5 Å². The largest absolute Gasteiger partial charge is 0.507 e. The minimum Gasteiger partial charge on any atom is -0.507 e. The third-order valence-electron chi connectivity index (χ3n) is 9.08. The first kappa shape index (κ1) is 32.6. The summed E-state index contributed by atoms with van der Waals surface area (Å²) < 4.78 is 94.2. The highest BCUT2D eigenvalue weighted by atomic mass is 19.4. The average Bonchev–Trinajstić information content (AvgIpc) is 3.26. The number of fused-ring (bicyclic) bond motifs is 3. The summed E-state index contributed by atoms with van der Waals surface area (Å²) in [6, 6.07) is 12.6. The summed E-state index contributed by atoms with van der Waals surface area (Å²) in [5.41, 5.74) is -1.81. The van der Waals surface area contributed by atoms with Crippen molar-refractivity contribution in [3.63, 3.8) is 0 Å². The predicted octanol–water partition coefficient (Wildman–Crippen LogP) is 6.73. The summed E-state index contributed by atoms with van der Waals surface area (Å²) in [6.07, 6.45) is -11.3. The number of phenolic OH excluding ortho intramolecular Hbond substituents is 1. The third-order valence-corrected chi connectivity index (χ3v) is 9.08. The normalized spacial score (nSPS) is 23.3. The number of rotatable bonds is 5. The van der Waals surface area contributed by atoms with Crippen LogP contribution in [0.1, 0.15) is 46.8 Å². The second-order valence-electron chi connectivity index (χ2n) is 12.1. The maximum absolute atomic E-state index is 14.0. The number of hydrogen-bond donors (Lipinski definition) is 2. The molecule has 246 valence electrons. The van der Waals surface area contributed by atoms with Crippen molar-refractivity contribution >= 4 is 24.6 Å². The molecule has 2 amide bonds. The van der Waals surface area contributed by atoms with Crippen LogP contribution in [-0.2, 0) is 26.6 Å². The molecule has 2 N–H and O–H groups in total. The van der Waals surface area contributed by atoms with Crippen LogP contribution >= 0.6 is 0 Å². The molecule has 6 rings (SSSR count). The number of aromatic hydroxyl groups is 1. The lowest BCUT2D eigenvalue weighted by Gasteiger charge is -2.42. The van der Waals surface area contributed by atoms with Crippen LogP contribution in [0.5, 0.6) is 11.5 Å². The Morgan fingerprint density at radius 1 is 0.894 bits per heavy atom. The third kappa shape index (κ3) is 6.00. The number of carbonyl (C=O) groups is 2. The maximum Gasteiger partial charge on any atom is 0.487 e. The van der Waals surface area contributed by atoms with Crippen molar-refractivity contribution in [2.24, 2.45) is 17.8 Å². The van der Waals surface area contributed by atoms with E-state index in [1.165, 1.54) is 0 Å². The molecule has 0 saturated carbocycles. The molecule has 3 aromatic rings. The molecule has 0 spiro atoms. The van der Waals surface area contributed by atoms with Gasteiger partial charge in [0.15, 0.2) is 0 Å². The Morgan fingerprint density at radius 3 is 2.06 bits per heavy atom. The highest BCUT2D eigenvalue weighted by Gasteiger charge is 2.58. The highest BCUT2D eigenvalue weighted by molar-refractivity contribution is 6.53. The van der Waals surface area contributed by atoms with Crippen LogP contribution in [0, 0.1) is 31.6 Å². The molecule has 14 heteroatoms. The lowest BCUT2D eigenvalue weighted by molar-refractivity contribution is -0.143. The number of para-hydroxylation sites is 1. The Morgan fingerprint density at radius 2 is 1.49 bits per heavy atom. The summed E-state index contributed by atoms with van der Waals surface area (Å²) in [5, 5.41) is 21.6. The van der Waals surface area contributed by atoms with Gasteiger partial charge in [-0.1, -0.05) is 18.2 Å². The number of halogens is 6. The Labute approximate surface area is 265 Å². The topological polar surface area (TPSA) is 96.3 Å². The maximum atomic E-state index is 14.0. The van der Waals surface area contributed by atoms with Crippen molar-refractivity contribution in [3.8, 4) is 11.5 Å². The molecule has 0 radical (unpaired) electrons. The van der Waals surface area contributed by atoms with Gasteiger partial charge in [0.2, 0.25) is 11.8 Å². The Hall–Kier alpha value is -4.30. The fraction of sp³-hybridized carbons (Fsp3) is 0.333. The van der Waals surface area contributed by atoms with Gasteiger partial charge in [0.25, 0.3) is 0 Å². The second-order valence-corrected chi connectivity index (χ2v) is 12.1. The molecule has 7 nitrogen and oxygen atoms in total. The number of imide groups is 1. The van der Waals surface area contributed by atoms with E-state index in [1.54, 1.807) is 56.3 Å². The van der Waals surface area contributed by atoms with E-state index in [2.05, 4.69) is 0 Å². The summed E-state index contributed by atoms with van der Waals surface area (Å²) >= 11 is 0. The molecule has 2 aliphatic heterocycles. The van der Waals surface area contributed by atoms with Crippen molar-refractivity contribution in [1.29, 1.82) is 0 Å². The molecule has 47 heavy (non-hydrogen) atoms. The van der Waals surface area contributed by atoms with E-state index < -0.39 is 72.0 Å². The second kappa shape index (κ2) is 11.7. The molecule has 2 fully saturated rings. The van der Waals surface area contributed by atoms with Gasteiger partial charge in [-0.3, -0.25) is 9.59 Å². The van der Waals surface area contributed by atoms with E-state index in [-0.39, 0.29) is 36.7 Å². The zero-order valence-corrected chi connectivity index (χ0v) is 25.0. The molecule has 0 aromatic heterocycles. The van der Waals surface area contributed by atoms with Gasteiger partial charge in [-0.25, -0.2) is 4.90 Å². The van der Waals surface area contributed by atoms with Crippen LogP contribution in [0.4, 0.5) is 32.0 Å². The number of nitrogens with zero attached hydrogens (tertiary/aromatic N) is 1. The number of alkyl halides is 6. The summed E-state index contributed by atoms with van der Waals surface area (Å²) in [6.45, 7) is 3.23. The van der Waals surface area contributed by atoms with Crippen LogP contribution < -0.4 is 9.64 Å². The molecule has 2 saturated heterocycles. The van der Waals surface area contributed by atoms with Gasteiger partial charge in [-0.05, 0) is 103 Å². The number of anilines is 1. The summed E-state index contributed by atoms with van der Waals surface area (Å²) in [7, 11) is -1.56. The Balaban J connectivity index is 1.43. The monoisotopic (exact) mass is 659 g/mol. The minimum atomic E-state index is -5.19. The van der Waals surface area contributed by atoms with E-state index >= 15 is 0 Å². The summed E-state index contributed by atoms with van der Waals surface area (Å²) in [5.74, 6) is -4.61.